The molecule has 3 rings (SSSR count). The molecular weight excluding hydrogens is 244 g/mol. The van der Waals surface area contributed by atoms with E-state index < -0.39 is 0 Å². The van der Waals surface area contributed by atoms with Crippen LogP contribution in [0.4, 0.5) is 0 Å². The number of benzene rings is 2. The molecule has 0 bridgehead atoms. The van der Waals surface area contributed by atoms with Gasteiger partial charge in [0.15, 0.2) is 0 Å². The lowest BCUT2D eigenvalue weighted by molar-refractivity contribution is 0.500. The number of rotatable bonds is 5. The number of aryl methyl sites for hydroxylation is 1. The Labute approximate surface area is 121 Å². The van der Waals surface area contributed by atoms with E-state index in [-0.39, 0.29) is 0 Å². The lowest BCUT2D eigenvalue weighted by Gasteiger charge is -2.10. The van der Waals surface area contributed by atoms with Gasteiger partial charge in [0, 0.05) is 6.54 Å². The van der Waals surface area contributed by atoms with E-state index in [1.54, 1.807) is 0 Å². The molecule has 1 atom stereocenters. The van der Waals surface area contributed by atoms with Gasteiger partial charge in [-0.15, -0.1) is 0 Å². The molecule has 0 radical (unpaired) electrons. The number of fused-ring (bicyclic) bond motifs is 1. The van der Waals surface area contributed by atoms with Gasteiger partial charge in [-0.2, -0.15) is 0 Å². The molecule has 1 saturated heterocycles. The van der Waals surface area contributed by atoms with E-state index in [1.165, 1.54) is 47.8 Å². The fourth-order valence-corrected chi connectivity index (χ4v) is 3.02. The molecule has 2 N–H and O–H groups in total. The van der Waals surface area contributed by atoms with Crippen molar-refractivity contribution in [1.82, 2.24) is 10.6 Å². The van der Waals surface area contributed by atoms with Crippen LogP contribution in [0.1, 0.15) is 24.0 Å². The molecule has 2 heteroatoms. The maximum atomic E-state index is 3.58. The summed E-state index contributed by atoms with van der Waals surface area (Å²) in [5.74, 6) is 0.877. The summed E-state index contributed by atoms with van der Waals surface area (Å²) in [5.41, 5.74) is 2.71. The maximum Gasteiger partial charge on any atom is 0.0205 e. The zero-order valence-corrected chi connectivity index (χ0v) is 12.3. The Balaban J connectivity index is 1.53. The summed E-state index contributed by atoms with van der Waals surface area (Å²) in [4.78, 5) is 0. The van der Waals surface area contributed by atoms with Crippen LogP contribution in [-0.2, 0) is 6.54 Å². The maximum absolute atomic E-state index is 3.58. The Kier molecular flexibility index (Phi) is 4.34. The minimum atomic E-state index is 0.877. The van der Waals surface area contributed by atoms with Gasteiger partial charge in [0.05, 0.1) is 0 Å². The summed E-state index contributed by atoms with van der Waals surface area (Å²) in [6.07, 6.45) is 2.64. The smallest absolute Gasteiger partial charge is 0.0205 e. The van der Waals surface area contributed by atoms with Crippen molar-refractivity contribution < 1.29 is 0 Å². The molecule has 106 valence electrons. The van der Waals surface area contributed by atoms with Gasteiger partial charge < -0.3 is 10.6 Å². The van der Waals surface area contributed by atoms with Crippen molar-refractivity contribution in [2.75, 3.05) is 19.6 Å². The van der Waals surface area contributed by atoms with E-state index in [0.29, 0.717) is 0 Å². The average Bonchev–Trinajstić information content (AvgIpc) is 2.97. The first-order valence-electron chi connectivity index (χ1n) is 7.72. The molecule has 1 aliphatic rings. The van der Waals surface area contributed by atoms with E-state index in [9.17, 15) is 0 Å². The van der Waals surface area contributed by atoms with Crippen LogP contribution in [-0.4, -0.2) is 19.6 Å². The quantitative estimate of drug-likeness (QED) is 0.814. The number of hydrogen-bond donors (Lipinski definition) is 2. The Morgan fingerprint density at radius 2 is 2.00 bits per heavy atom. The fraction of sp³-hybridized carbons (Fsp3) is 0.444. The summed E-state index contributed by atoms with van der Waals surface area (Å²) in [5, 5.41) is 9.69. The summed E-state index contributed by atoms with van der Waals surface area (Å²) >= 11 is 0. The molecule has 0 aliphatic carbocycles. The zero-order valence-electron chi connectivity index (χ0n) is 12.3. The predicted octanol–water partition coefficient (Wildman–Crippen LogP) is 3.24. The molecule has 2 nitrogen and oxygen atoms in total. The van der Waals surface area contributed by atoms with E-state index in [1.807, 2.05) is 0 Å². The van der Waals surface area contributed by atoms with E-state index in [4.69, 9.17) is 0 Å². The predicted molar refractivity (Wildman–Crippen MR) is 86.0 cm³/mol. The van der Waals surface area contributed by atoms with Gasteiger partial charge in [0.1, 0.15) is 0 Å². The summed E-state index contributed by atoms with van der Waals surface area (Å²) in [7, 11) is 0. The normalized spacial score (nSPS) is 18.8. The van der Waals surface area contributed by atoms with Gasteiger partial charge in [-0.1, -0.05) is 35.9 Å². The second-order valence-electron chi connectivity index (χ2n) is 6.01. The number of nitrogens with one attached hydrogen (secondary N) is 2. The van der Waals surface area contributed by atoms with Gasteiger partial charge in [-0.25, -0.2) is 0 Å². The van der Waals surface area contributed by atoms with Gasteiger partial charge in [0.25, 0.3) is 0 Å². The van der Waals surface area contributed by atoms with E-state index in [2.05, 4.69) is 54.0 Å². The Bertz CT molecular complexity index is 571. The molecule has 0 amide bonds. The molecule has 1 heterocycles. The molecule has 0 spiro atoms. The highest BCUT2D eigenvalue weighted by Crippen LogP contribution is 2.17. The highest BCUT2D eigenvalue weighted by molar-refractivity contribution is 5.83. The van der Waals surface area contributed by atoms with E-state index in [0.717, 1.165) is 19.0 Å². The Morgan fingerprint density at radius 1 is 1.15 bits per heavy atom. The molecule has 0 saturated carbocycles. The van der Waals surface area contributed by atoms with Crippen LogP contribution in [0.5, 0.6) is 0 Å². The lowest BCUT2D eigenvalue weighted by atomic mass is 10.0. The zero-order chi connectivity index (χ0) is 13.8. The minimum Gasteiger partial charge on any atom is -0.316 e. The molecule has 1 fully saturated rings. The minimum absolute atomic E-state index is 0.877. The van der Waals surface area contributed by atoms with Crippen molar-refractivity contribution in [2.45, 2.75) is 26.3 Å². The second kappa shape index (κ2) is 6.38. The molecule has 2 aromatic carbocycles. The standard InChI is InChI=1S/C18H24N2/c1-14-2-4-18-11-16(3-5-17(18)10-14)13-20-9-7-15-6-8-19-12-15/h2-5,10-11,15,19-20H,6-9,12-13H2,1H3. The monoisotopic (exact) mass is 268 g/mol. The van der Waals surface area contributed by atoms with Crippen LogP contribution < -0.4 is 10.6 Å². The first kappa shape index (κ1) is 13.6. The highest BCUT2D eigenvalue weighted by Gasteiger charge is 2.13. The van der Waals surface area contributed by atoms with Crippen LogP contribution >= 0.6 is 0 Å². The molecular formula is C18H24N2. The summed E-state index contributed by atoms with van der Waals surface area (Å²) < 4.78 is 0. The summed E-state index contributed by atoms with van der Waals surface area (Å²) in [6, 6.07) is 13.4. The van der Waals surface area contributed by atoms with Gasteiger partial charge in [0.2, 0.25) is 0 Å². The third kappa shape index (κ3) is 3.38. The van der Waals surface area contributed by atoms with E-state index >= 15 is 0 Å². The SMILES string of the molecule is Cc1ccc2cc(CNCCC3CCNC3)ccc2c1. The van der Waals surface area contributed by atoms with Gasteiger partial charge in [-0.05, 0) is 67.7 Å². The van der Waals surface area contributed by atoms with Crippen molar-refractivity contribution in [1.29, 1.82) is 0 Å². The summed E-state index contributed by atoms with van der Waals surface area (Å²) in [6.45, 7) is 6.65. The lowest BCUT2D eigenvalue weighted by Crippen LogP contribution is -2.19. The van der Waals surface area contributed by atoms with Crippen LogP contribution in [0.3, 0.4) is 0 Å². The van der Waals surface area contributed by atoms with Crippen molar-refractivity contribution in [3.05, 3.63) is 47.5 Å². The van der Waals surface area contributed by atoms with Crippen LogP contribution in [0.15, 0.2) is 36.4 Å². The van der Waals surface area contributed by atoms with Gasteiger partial charge >= 0.3 is 0 Å². The van der Waals surface area contributed by atoms with Crippen molar-refractivity contribution >= 4 is 10.8 Å². The van der Waals surface area contributed by atoms with Crippen LogP contribution in [0.2, 0.25) is 0 Å². The van der Waals surface area contributed by atoms with Crippen LogP contribution in [0.25, 0.3) is 10.8 Å². The molecule has 0 aromatic heterocycles. The third-order valence-corrected chi connectivity index (χ3v) is 4.28. The fourth-order valence-electron chi connectivity index (χ4n) is 3.02. The first-order valence-corrected chi connectivity index (χ1v) is 7.72. The Hall–Kier alpha value is -1.38. The first-order chi connectivity index (χ1) is 9.81. The molecule has 2 aromatic rings. The average molecular weight is 268 g/mol. The highest BCUT2D eigenvalue weighted by atomic mass is 14.9. The van der Waals surface area contributed by atoms with Crippen molar-refractivity contribution in [3.8, 4) is 0 Å². The molecule has 20 heavy (non-hydrogen) atoms. The molecule has 1 aliphatic heterocycles. The van der Waals surface area contributed by atoms with Crippen molar-refractivity contribution in [2.24, 2.45) is 5.92 Å². The Morgan fingerprint density at radius 3 is 2.85 bits per heavy atom. The molecule has 1 unspecified atom stereocenters. The third-order valence-electron chi connectivity index (χ3n) is 4.28. The van der Waals surface area contributed by atoms with Crippen LogP contribution in [0, 0.1) is 12.8 Å². The number of hydrogen-bond acceptors (Lipinski definition) is 2. The topological polar surface area (TPSA) is 24.1 Å². The van der Waals surface area contributed by atoms with Gasteiger partial charge in [-0.3, -0.25) is 0 Å². The van der Waals surface area contributed by atoms with Crippen molar-refractivity contribution in [3.63, 3.8) is 0 Å². The largest absolute Gasteiger partial charge is 0.316 e. The second-order valence-corrected chi connectivity index (χ2v) is 6.01.